The van der Waals surface area contributed by atoms with E-state index in [1.807, 2.05) is 17.0 Å². The van der Waals surface area contributed by atoms with E-state index < -0.39 is 31.7 Å². The number of piperidine rings is 3. The summed E-state index contributed by atoms with van der Waals surface area (Å²) in [6.45, 7) is 3.70. The topological polar surface area (TPSA) is 172 Å². The largest absolute Gasteiger partial charge is 0.441 e. The molecule has 2 aromatic carbocycles. The zero-order valence-electron chi connectivity index (χ0n) is 36.4. The number of amides is 1. The Hall–Kier alpha value is -5.10. The number of hydrogen-bond acceptors (Lipinski definition) is 11. The van der Waals surface area contributed by atoms with Crippen LogP contribution in [0.5, 0.6) is 0 Å². The highest BCUT2D eigenvalue weighted by Gasteiger charge is 2.60. The molecule has 3 saturated heterocycles. The summed E-state index contributed by atoms with van der Waals surface area (Å²) in [4.78, 5) is 40.1. The third-order valence-electron chi connectivity index (χ3n) is 12.3. The van der Waals surface area contributed by atoms with E-state index in [2.05, 4.69) is 24.2 Å². The molecule has 348 valence electrons. The van der Waals surface area contributed by atoms with Crippen molar-refractivity contribution in [2.24, 2.45) is 4.40 Å². The van der Waals surface area contributed by atoms with Gasteiger partial charge in [0, 0.05) is 83.7 Å². The van der Waals surface area contributed by atoms with Crippen molar-refractivity contribution in [2.45, 2.75) is 97.7 Å². The molecule has 0 radical (unpaired) electrons. The van der Waals surface area contributed by atoms with E-state index >= 15 is 0 Å². The number of benzene rings is 2. The van der Waals surface area contributed by atoms with E-state index in [0.717, 1.165) is 44.2 Å². The first kappa shape index (κ1) is 48.8. The molecule has 4 fully saturated rings. The van der Waals surface area contributed by atoms with Crippen LogP contribution in [0.2, 0.25) is 10.0 Å². The third kappa shape index (κ3) is 12.7. The van der Waals surface area contributed by atoms with Crippen LogP contribution in [-0.2, 0) is 24.8 Å². The summed E-state index contributed by atoms with van der Waals surface area (Å²) < 4.78 is 63.7. The lowest BCUT2D eigenvalue weighted by atomic mass is 9.90. The van der Waals surface area contributed by atoms with Crippen molar-refractivity contribution in [1.82, 2.24) is 29.1 Å². The summed E-state index contributed by atoms with van der Waals surface area (Å²) in [6, 6.07) is 22.5. The highest BCUT2D eigenvalue weighted by Crippen LogP contribution is 2.52. The number of nitrogens with zero attached hydrogens (tertiary/aromatic N) is 7. The maximum Gasteiger partial charge on any atom is 0.410 e. The van der Waals surface area contributed by atoms with E-state index in [4.69, 9.17) is 27.9 Å². The van der Waals surface area contributed by atoms with Crippen LogP contribution < -0.4 is 0 Å². The van der Waals surface area contributed by atoms with Gasteiger partial charge in [0.25, 0.3) is 10.0 Å². The van der Waals surface area contributed by atoms with Gasteiger partial charge in [-0.15, -0.1) is 0 Å². The second-order valence-electron chi connectivity index (χ2n) is 16.6. The predicted octanol–water partition coefficient (Wildman–Crippen LogP) is 9.08. The van der Waals surface area contributed by atoms with E-state index in [1.54, 1.807) is 77.6 Å². The summed E-state index contributed by atoms with van der Waals surface area (Å²) in [7, 11) is -7.60. The number of hydrogen-bond donors (Lipinski definition) is 0. The normalized spacial score (nSPS) is 20.2. The fourth-order valence-corrected chi connectivity index (χ4v) is 11.7. The molecule has 0 bridgehead atoms. The van der Waals surface area contributed by atoms with Crippen molar-refractivity contribution in [3.8, 4) is 0 Å². The van der Waals surface area contributed by atoms with Gasteiger partial charge in [0.1, 0.15) is 5.60 Å². The molecule has 1 amide bonds. The molecule has 4 aliphatic rings. The van der Waals surface area contributed by atoms with Crippen molar-refractivity contribution in [3.05, 3.63) is 149 Å². The maximum absolute atomic E-state index is 14.2. The average Bonchev–Trinajstić information content (AvgIpc) is 4.15. The predicted molar refractivity (Wildman–Crippen MR) is 254 cm³/mol. The molecule has 0 N–H and O–H groups in total. The highest BCUT2D eigenvalue weighted by molar-refractivity contribution is 7.90. The number of ether oxygens (including phenoxy) is 1. The molecule has 2 atom stereocenters. The Balaban J connectivity index is 0.000000204. The van der Waals surface area contributed by atoms with Gasteiger partial charge in [-0.1, -0.05) is 41.8 Å². The number of carbonyl (C=O) groups excluding carboxylic acids is 2. The molecule has 6 heterocycles. The molecule has 1 saturated carbocycles. The molecule has 0 spiro atoms. The molecule has 3 aromatic heterocycles. The third-order valence-corrected chi connectivity index (χ3v) is 15.9. The molecule has 3 aliphatic heterocycles. The second kappa shape index (κ2) is 22.6. The maximum atomic E-state index is 14.2. The number of aromatic nitrogens is 3. The van der Waals surface area contributed by atoms with E-state index in [-0.39, 0.29) is 21.9 Å². The molecule has 14 nitrogen and oxygen atoms in total. The Morgan fingerprint density at radius 3 is 1.79 bits per heavy atom. The van der Waals surface area contributed by atoms with Gasteiger partial charge in [-0.25, -0.2) is 13.2 Å². The highest BCUT2D eigenvalue weighted by atomic mass is 35.5. The number of likely N-dealkylation sites (tertiary alicyclic amines) is 2. The molecular weight excluding hydrogens is 922 g/mol. The van der Waals surface area contributed by atoms with Crippen LogP contribution in [0.15, 0.2) is 136 Å². The summed E-state index contributed by atoms with van der Waals surface area (Å²) in [5.74, 6) is 0. The number of halogens is 2. The van der Waals surface area contributed by atoms with Crippen molar-refractivity contribution < 1.29 is 31.2 Å². The fraction of sp³-hybridized carbons (Fsp3) is 0.375. The van der Waals surface area contributed by atoms with Crippen LogP contribution in [0, 0.1) is 0 Å². The molecule has 9 rings (SSSR count). The minimum atomic E-state index is -3.91. The van der Waals surface area contributed by atoms with Crippen molar-refractivity contribution >= 4 is 61.8 Å². The number of aldehydes is 1. The van der Waals surface area contributed by atoms with Gasteiger partial charge >= 0.3 is 6.09 Å². The molecule has 5 aromatic rings. The zero-order valence-corrected chi connectivity index (χ0v) is 39.5. The van der Waals surface area contributed by atoms with Crippen LogP contribution in [-0.4, -0.2) is 108 Å². The second-order valence-corrected chi connectivity index (χ2v) is 21.0. The van der Waals surface area contributed by atoms with Gasteiger partial charge in [0.05, 0.1) is 21.9 Å². The monoisotopic (exact) mass is 973 g/mol. The quantitative estimate of drug-likeness (QED) is 0.0966. The lowest BCUT2D eigenvalue weighted by molar-refractivity contribution is -0.0144. The molecule has 66 heavy (non-hydrogen) atoms. The van der Waals surface area contributed by atoms with E-state index in [0.29, 0.717) is 66.0 Å². The number of pyridine rings is 3. The Morgan fingerprint density at radius 1 is 0.682 bits per heavy atom. The standard InChI is InChI=1S/C30H39ClN4O4S.C12H9ClN2O2S.C6H5NO/c31-24-9-11-26(12-10-24)40(37,38)35-27(23-6-5-17-32-22-23)7-4-8-28(35)30(15-16-30)39-29(36)34-20-13-25(14-21-34)33-18-2-1-3-19-33;13-11-3-5-12(6-4-11)18(16,17)15-9-10-2-1-7-14-8-10;8-5-6-2-1-3-7-4-6/h5-6,9-12,17,22,25,27-28H,1-4,7-8,13-16,18-21H2;1-9H;1-5H/t27-,28+;;/m0../s1. The lowest BCUT2D eigenvalue weighted by Gasteiger charge is -2.45. The van der Waals surface area contributed by atoms with Crippen LogP contribution in [0.1, 0.15) is 91.7 Å². The average molecular weight is 975 g/mol. The zero-order chi connectivity index (χ0) is 46.6. The Labute approximate surface area is 397 Å². The van der Waals surface area contributed by atoms with Crippen molar-refractivity contribution in [2.75, 3.05) is 26.2 Å². The Kier molecular flexibility index (Phi) is 16.7. The van der Waals surface area contributed by atoms with E-state index in [9.17, 15) is 26.4 Å². The van der Waals surface area contributed by atoms with Crippen molar-refractivity contribution in [1.29, 1.82) is 0 Å². The molecule has 18 heteroatoms. The summed E-state index contributed by atoms with van der Waals surface area (Å²) in [5.41, 5.74) is 1.29. The first-order valence-corrected chi connectivity index (χ1v) is 25.7. The first-order valence-electron chi connectivity index (χ1n) is 22.1. The van der Waals surface area contributed by atoms with Gasteiger partial charge < -0.3 is 14.5 Å². The van der Waals surface area contributed by atoms with Gasteiger partial charge in [0.15, 0.2) is 6.29 Å². The number of carbonyl (C=O) groups is 2. The van der Waals surface area contributed by atoms with E-state index in [1.165, 1.54) is 62.1 Å². The SMILES string of the molecule is O=C(OC1([C@H]2CCC[C@@H](c3cccnc3)N2S(=O)(=O)c2ccc(Cl)cc2)CC1)N1CCC(N2CCCCC2)CC1.O=Cc1cccnc1.O=S(=O)(N=Cc1cccnc1)c1ccc(Cl)cc1. The summed E-state index contributed by atoms with van der Waals surface area (Å²) in [6.07, 6.45) is 20.7. The summed E-state index contributed by atoms with van der Waals surface area (Å²) >= 11 is 11.8. The first-order chi connectivity index (χ1) is 31.9. The van der Waals surface area contributed by atoms with Gasteiger partial charge in [0.2, 0.25) is 10.0 Å². The van der Waals surface area contributed by atoms with Crippen LogP contribution in [0.25, 0.3) is 0 Å². The Bertz CT molecular complexity index is 2600. The summed E-state index contributed by atoms with van der Waals surface area (Å²) in [5, 5.41) is 0.958. The van der Waals surface area contributed by atoms with Crippen LogP contribution in [0.4, 0.5) is 4.79 Å². The fourth-order valence-electron chi connectivity index (χ4n) is 8.68. The number of rotatable bonds is 10. The van der Waals surface area contributed by atoms with Crippen molar-refractivity contribution in [3.63, 3.8) is 0 Å². The van der Waals surface area contributed by atoms with Crippen LogP contribution >= 0.6 is 23.2 Å². The van der Waals surface area contributed by atoms with Crippen LogP contribution in [0.3, 0.4) is 0 Å². The lowest BCUT2D eigenvalue weighted by Crippen LogP contribution is -2.55. The molecule has 0 unspecified atom stereocenters. The van der Waals surface area contributed by atoms with Gasteiger partial charge in [-0.2, -0.15) is 17.1 Å². The smallest absolute Gasteiger partial charge is 0.410 e. The van der Waals surface area contributed by atoms with Gasteiger partial charge in [-0.3, -0.25) is 19.7 Å². The Morgan fingerprint density at radius 2 is 1.26 bits per heavy atom. The minimum absolute atomic E-state index is 0.104. The molecular formula is C48H53Cl2N7O7S2. The minimum Gasteiger partial charge on any atom is -0.441 e. The molecule has 1 aliphatic carbocycles. The van der Waals surface area contributed by atoms with Gasteiger partial charge in [-0.05, 0) is 149 Å². The number of sulfonamides is 2.